The van der Waals surface area contributed by atoms with Crippen LogP contribution in [0.25, 0.3) is 10.9 Å². The molecule has 1 saturated carbocycles. The average molecular weight is 445 g/mol. The van der Waals surface area contributed by atoms with Gasteiger partial charge in [0.1, 0.15) is 17.9 Å². The number of H-pyrrole nitrogens is 1. The molecule has 1 aromatic heterocycles. The van der Waals surface area contributed by atoms with Crippen LogP contribution >= 0.6 is 0 Å². The first-order chi connectivity index (χ1) is 15.1. The Morgan fingerprint density at radius 2 is 1.88 bits per heavy atom. The highest BCUT2D eigenvalue weighted by molar-refractivity contribution is 6.45. The van der Waals surface area contributed by atoms with Crippen LogP contribution in [0.4, 0.5) is 4.39 Å². The topological polar surface area (TPSA) is 134 Å². The monoisotopic (exact) mass is 445 g/mol. The molecule has 8 nitrogen and oxygen atoms in total. The van der Waals surface area contributed by atoms with E-state index in [0.29, 0.717) is 23.7 Å². The zero-order valence-electron chi connectivity index (χ0n) is 18.2. The molecule has 0 bridgehead atoms. The van der Waals surface area contributed by atoms with Crippen molar-refractivity contribution in [3.05, 3.63) is 35.8 Å². The number of aromatic nitrogens is 1. The van der Waals surface area contributed by atoms with E-state index in [2.05, 4.69) is 4.98 Å². The number of aromatic amines is 1. The third kappa shape index (κ3) is 3.99. The van der Waals surface area contributed by atoms with Crippen LogP contribution in [0.1, 0.15) is 56.3 Å². The maximum atomic E-state index is 13.5. The summed E-state index contributed by atoms with van der Waals surface area (Å²) in [7, 11) is 0. The first-order valence-corrected chi connectivity index (χ1v) is 10.7. The molecule has 1 atom stereocenters. The highest BCUT2D eigenvalue weighted by Crippen LogP contribution is 2.42. The lowest BCUT2D eigenvalue weighted by molar-refractivity contribution is -0.158. The normalized spacial score (nSPS) is 16.6. The molecule has 1 aromatic carbocycles. The van der Waals surface area contributed by atoms with E-state index in [4.69, 9.17) is 5.73 Å². The van der Waals surface area contributed by atoms with Crippen molar-refractivity contribution >= 4 is 34.5 Å². The van der Waals surface area contributed by atoms with E-state index in [1.807, 2.05) is 0 Å². The number of rotatable bonds is 8. The summed E-state index contributed by atoms with van der Waals surface area (Å²) in [6, 6.07) is 3.72. The number of fused-ring (bicyclic) bond motifs is 1. The fourth-order valence-corrected chi connectivity index (χ4v) is 5.19. The molecule has 2 aromatic rings. The first kappa shape index (κ1) is 23.4. The number of nitrogens with one attached hydrogen (secondary N) is 1. The number of ketones is 1. The molecule has 1 heterocycles. The van der Waals surface area contributed by atoms with Crippen molar-refractivity contribution in [2.45, 2.75) is 51.5 Å². The Balaban J connectivity index is 2.11. The summed E-state index contributed by atoms with van der Waals surface area (Å²) in [5.74, 6) is -5.65. The molecule has 0 radical (unpaired) electrons. The number of carbonyl (C=O) groups excluding carboxylic acids is 3. The molecule has 172 valence electrons. The highest BCUT2D eigenvalue weighted by Gasteiger charge is 2.54. The highest BCUT2D eigenvalue weighted by atomic mass is 19.1. The van der Waals surface area contributed by atoms with Crippen molar-refractivity contribution in [1.29, 1.82) is 0 Å². The Kier molecular flexibility index (Phi) is 6.66. The maximum Gasteiger partial charge on any atom is 0.323 e. The van der Waals surface area contributed by atoms with Crippen molar-refractivity contribution < 1.29 is 28.7 Å². The molecule has 2 amide bonds. The Morgan fingerprint density at radius 1 is 1.22 bits per heavy atom. The summed E-state index contributed by atoms with van der Waals surface area (Å²) >= 11 is 0. The van der Waals surface area contributed by atoms with Crippen molar-refractivity contribution in [2.24, 2.45) is 17.6 Å². The number of carboxylic acids is 1. The fourth-order valence-electron chi connectivity index (χ4n) is 5.19. The molecule has 0 unspecified atom stereocenters. The van der Waals surface area contributed by atoms with E-state index in [1.165, 1.54) is 18.3 Å². The van der Waals surface area contributed by atoms with Gasteiger partial charge in [-0.3, -0.25) is 19.2 Å². The zero-order valence-corrected chi connectivity index (χ0v) is 18.2. The minimum absolute atomic E-state index is 0.0221. The molecule has 3 rings (SSSR count). The summed E-state index contributed by atoms with van der Waals surface area (Å²) in [5, 5.41) is 9.89. The van der Waals surface area contributed by atoms with Gasteiger partial charge in [0.2, 0.25) is 5.91 Å². The largest absolute Gasteiger partial charge is 0.480 e. The van der Waals surface area contributed by atoms with Crippen molar-refractivity contribution in [3.8, 4) is 0 Å². The predicted molar refractivity (Wildman–Crippen MR) is 115 cm³/mol. The number of amides is 2. The molecule has 1 aliphatic carbocycles. The molecule has 0 saturated heterocycles. The molecule has 1 aliphatic rings. The van der Waals surface area contributed by atoms with E-state index in [9.17, 15) is 28.7 Å². The molecular formula is C23H28FN3O5. The van der Waals surface area contributed by atoms with Crippen LogP contribution in [0.5, 0.6) is 0 Å². The van der Waals surface area contributed by atoms with E-state index in [-0.39, 0.29) is 11.5 Å². The van der Waals surface area contributed by atoms with E-state index in [1.54, 1.807) is 13.8 Å². The summed E-state index contributed by atoms with van der Waals surface area (Å²) in [6.07, 6.45) is 5.11. The van der Waals surface area contributed by atoms with Crippen molar-refractivity contribution in [3.63, 3.8) is 0 Å². The lowest BCUT2D eigenvalue weighted by atomic mass is 9.67. The Bertz CT molecular complexity index is 1060. The van der Waals surface area contributed by atoms with Gasteiger partial charge in [-0.1, -0.05) is 33.1 Å². The van der Waals surface area contributed by atoms with Crippen LogP contribution in [0, 0.1) is 17.7 Å². The number of aliphatic carboxylic acids is 1. The second kappa shape index (κ2) is 9.10. The van der Waals surface area contributed by atoms with Gasteiger partial charge in [0.15, 0.2) is 0 Å². The van der Waals surface area contributed by atoms with Gasteiger partial charge in [-0.2, -0.15) is 0 Å². The summed E-state index contributed by atoms with van der Waals surface area (Å²) in [5.41, 5.74) is 4.54. The third-order valence-corrected chi connectivity index (χ3v) is 6.57. The molecule has 32 heavy (non-hydrogen) atoms. The second-order valence-electron chi connectivity index (χ2n) is 8.69. The number of primary amides is 1. The number of carbonyl (C=O) groups is 4. The van der Waals surface area contributed by atoms with E-state index < -0.39 is 47.4 Å². The SMILES string of the molecule is CC(C)[C@](C(N)=O)(C1CCCCC1)N(CC(=O)O)C(=O)C(=O)c1c[nH]c2cc(F)ccc12. The van der Waals surface area contributed by atoms with E-state index in [0.717, 1.165) is 30.2 Å². The Labute approximate surface area is 184 Å². The first-order valence-electron chi connectivity index (χ1n) is 10.7. The Hall–Kier alpha value is -3.23. The van der Waals surface area contributed by atoms with Gasteiger partial charge in [-0.05, 0) is 42.9 Å². The van der Waals surface area contributed by atoms with E-state index >= 15 is 0 Å². The molecule has 9 heteroatoms. The zero-order chi connectivity index (χ0) is 23.6. The third-order valence-electron chi connectivity index (χ3n) is 6.57. The molecule has 4 N–H and O–H groups in total. The van der Waals surface area contributed by atoms with Gasteiger partial charge in [-0.15, -0.1) is 0 Å². The average Bonchev–Trinajstić information content (AvgIpc) is 3.15. The van der Waals surface area contributed by atoms with Crippen LogP contribution < -0.4 is 5.73 Å². The van der Waals surface area contributed by atoms with Gasteiger partial charge in [0.05, 0.1) is 5.56 Å². The molecule has 0 spiro atoms. The van der Waals surface area contributed by atoms with Crippen LogP contribution in [0.2, 0.25) is 0 Å². The van der Waals surface area contributed by atoms with Gasteiger partial charge in [-0.25, -0.2) is 4.39 Å². The number of halogens is 1. The number of nitrogens with zero attached hydrogens (tertiary/aromatic N) is 1. The maximum absolute atomic E-state index is 13.5. The number of carboxylic acid groups (broad SMARTS) is 1. The number of Topliss-reactive ketones (excluding diaryl/α,β-unsaturated/α-hetero) is 1. The lowest BCUT2D eigenvalue weighted by Gasteiger charge is -2.49. The molecule has 1 fully saturated rings. The van der Waals surface area contributed by atoms with Gasteiger partial charge in [0, 0.05) is 17.1 Å². The number of benzene rings is 1. The van der Waals surface area contributed by atoms with Crippen molar-refractivity contribution in [1.82, 2.24) is 9.88 Å². The van der Waals surface area contributed by atoms with Gasteiger partial charge < -0.3 is 20.7 Å². The van der Waals surface area contributed by atoms with Crippen LogP contribution in [-0.2, 0) is 14.4 Å². The standard InChI is InChI=1S/C23H28FN3O5/c1-13(2)23(22(25)32,14-6-4-3-5-7-14)27(12-19(28)29)21(31)20(30)17-11-26-18-10-15(24)8-9-16(17)18/h8-11,13-14,26H,3-7,12H2,1-2H3,(H2,25,32)(H,28,29)/t23-/m1/s1. The minimum atomic E-state index is -1.62. The second-order valence-corrected chi connectivity index (χ2v) is 8.69. The minimum Gasteiger partial charge on any atom is -0.480 e. The van der Waals surface area contributed by atoms with Gasteiger partial charge >= 0.3 is 5.97 Å². The van der Waals surface area contributed by atoms with Crippen LogP contribution in [0.3, 0.4) is 0 Å². The number of nitrogens with two attached hydrogens (primary N) is 1. The smallest absolute Gasteiger partial charge is 0.323 e. The summed E-state index contributed by atoms with van der Waals surface area (Å²) in [4.78, 5) is 55.0. The predicted octanol–water partition coefficient (Wildman–Crippen LogP) is 2.86. The lowest BCUT2D eigenvalue weighted by Crippen LogP contribution is -2.68. The molecule has 0 aliphatic heterocycles. The van der Waals surface area contributed by atoms with Crippen LogP contribution in [-0.4, -0.2) is 50.6 Å². The Morgan fingerprint density at radius 3 is 2.44 bits per heavy atom. The summed E-state index contributed by atoms with van der Waals surface area (Å²) < 4.78 is 13.5. The molecular weight excluding hydrogens is 417 g/mol. The fraction of sp³-hybridized carbons (Fsp3) is 0.478. The number of hydrogen-bond donors (Lipinski definition) is 3. The quantitative estimate of drug-likeness (QED) is 0.424. The van der Waals surface area contributed by atoms with Crippen molar-refractivity contribution in [2.75, 3.05) is 6.54 Å². The van der Waals surface area contributed by atoms with Gasteiger partial charge in [0.25, 0.3) is 11.7 Å². The summed E-state index contributed by atoms with van der Waals surface area (Å²) in [6.45, 7) is 2.58. The number of hydrogen-bond acceptors (Lipinski definition) is 4. The van der Waals surface area contributed by atoms with Crippen LogP contribution in [0.15, 0.2) is 24.4 Å².